The summed E-state index contributed by atoms with van der Waals surface area (Å²) < 4.78 is 0. The summed E-state index contributed by atoms with van der Waals surface area (Å²) in [4.78, 5) is 0.990. The number of rotatable bonds is 3. The Kier molecular flexibility index (Phi) is 4.41. The Morgan fingerprint density at radius 2 is 0.840 bits per heavy atom. The zero-order chi connectivity index (χ0) is 17.1. The molecule has 0 bridgehead atoms. The van der Waals surface area contributed by atoms with Crippen molar-refractivity contribution in [2.45, 2.75) is 4.90 Å². The van der Waals surface area contributed by atoms with E-state index in [4.69, 9.17) is 12.6 Å². The molecule has 0 atom stereocenters. The van der Waals surface area contributed by atoms with Crippen LogP contribution >= 0.6 is 12.6 Å². The Hall–Kier alpha value is -2.77. The summed E-state index contributed by atoms with van der Waals surface area (Å²) in [5.41, 5.74) is 7.23. The van der Waals surface area contributed by atoms with Crippen LogP contribution in [0.15, 0.2) is 108 Å². The van der Waals surface area contributed by atoms with Crippen molar-refractivity contribution < 1.29 is 0 Å². The second-order valence-electron chi connectivity index (χ2n) is 5.98. The minimum Gasteiger partial charge on any atom is -0.143 e. The highest BCUT2D eigenvalue weighted by atomic mass is 32.1. The second kappa shape index (κ2) is 7.00. The lowest BCUT2D eigenvalue weighted by Crippen LogP contribution is -1.92. The van der Waals surface area contributed by atoms with Crippen LogP contribution in [0.4, 0.5) is 0 Å². The first-order valence-corrected chi connectivity index (χ1v) is 8.81. The van der Waals surface area contributed by atoms with Crippen LogP contribution in [0.5, 0.6) is 0 Å². The van der Waals surface area contributed by atoms with Gasteiger partial charge in [0.25, 0.3) is 0 Å². The van der Waals surface area contributed by atoms with Gasteiger partial charge in [-0.1, -0.05) is 97.1 Å². The van der Waals surface area contributed by atoms with Gasteiger partial charge in [0.2, 0.25) is 0 Å². The molecule has 0 aliphatic rings. The lowest BCUT2D eigenvalue weighted by Gasteiger charge is -2.18. The van der Waals surface area contributed by atoms with Gasteiger partial charge in [-0.3, -0.25) is 0 Å². The zero-order valence-corrected chi connectivity index (χ0v) is 14.7. The average molecular weight is 338 g/mol. The normalized spacial score (nSPS) is 10.6. The van der Waals surface area contributed by atoms with Gasteiger partial charge in [-0.25, -0.2) is 0 Å². The molecule has 0 saturated heterocycles. The van der Waals surface area contributed by atoms with Gasteiger partial charge in [0.15, 0.2) is 0 Å². The third-order valence-electron chi connectivity index (χ3n) is 4.39. The molecule has 4 aromatic carbocycles. The summed E-state index contributed by atoms with van der Waals surface area (Å²) in [7, 11) is 0. The monoisotopic (exact) mass is 338 g/mol. The van der Waals surface area contributed by atoms with Crippen molar-refractivity contribution in [1.82, 2.24) is 0 Å². The quantitative estimate of drug-likeness (QED) is 0.383. The van der Waals surface area contributed by atoms with Crippen molar-refractivity contribution in [3.8, 4) is 33.4 Å². The summed E-state index contributed by atoms with van der Waals surface area (Å²) in [5, 5.41) is 0. The summed E-state index contributed by atoms with van der Waals surface area (Å²) in [6.45, 7) is 0. The molecule has 0 amide bonds. The fraction of sp³-hybridized carbons (Fsp3) is 0. The Morgan fingerprint density at radius 3 is 1.36 bits per heavy atom. The van der Waals surface area contributed by atoms with E-state index in [1.54, 1.807) is 0 Å². The van der Waals surface area contributed by atoms with Crippen molar-refractivity contribution in [2.24, 2.45) is 0 Å². The third kappa shape index (κ3) is 3.11. The van der Waals surface area contributed by atoms with Crippen molar-refractivity contribution in [2.75, 3.05) is 0 Å². The molecule has 0 N–H and O–H groups in total. The van der Waals surface area contributed by atoms with Crippen LogP contribution in [-0.2, 0) is 0 Å². The lowest BCUT2D eigenvalue weighted by molar-refractivity contribution is 1.44. The topological polar surface area (TPSA) is 0 Å². The fourth-order valence-electron chi connectivity index (χ4n) is 3.25. The molecule has 120 valence electrons. The second-order valence-corrected chi connectivity index (χ2v) is 6.46. The standard InChI is InChI=1S/C24H18S/c25-22-17-16-21(18-10-4-1-5-11-18)23(19-12-6-2-7-13-19)24(22)20-14-8-3-9-15-20/h1-17,25H. The first kappa shape index (κ1) is 15.7. The molecule has 0 saturated carbocycles. The van der Waals surface area contributed by atoms with E-state index in [1.807, 2.05) is 6.07 Å². The van der Waals surface area contributed by atoms with Gasteiger partial charge in [-0.2, -0.15) is 0 Å². The van der Waals surface area contributed by atoms with Gasteiger partial charge in [0.1, 0.15) is 0 Å². The van der Waals surface area contributed by atoms with Crippen LogP contribution in [0.1, 0.15) is 0 Å². The molecule has 4 aromatic rings. The Balaban J connectivity index is 2.08. The molecule has 0 heterocycles. The van der Waals surface area contributed by atoms with Crippen LogP contribution in [0.3, 0.4) is 0 Å². The molecule has 0 aromatic heterocycles. The average Bonchev–Trinajstić information content (AvgIpc) is 2.70. The highest BCUT2D eigenvalue weighted by Gasteiger charge is 2.16. The van der Waals surface area contributed by atoms with E-state index in [0.717, 1.165) is 4.90 Å². The molecule has 0 aliphatic heterocycles. The number of benzene rings is 4. The summed E-state index contributed by atoms with van der Waals surface area (Å²) in [6.07, 6.45) is 0. The molecular formula is C24H18S. The highest BCUT2D eigenvalue weighted by Crippen LogP contribution is 2.43. The van der Waals surface area contributed by atoms with Crippen LogP contribution in [-0.4, -0.2) is 0 Å². The molecule has 0 aliphatic carbocycles. The maximum Gasteiger partial charge on any atom is 0.0125 e. The summed E-state index contributed by atoms with van der Waals surface area (Å²) >= 11 is 4.79. The maximum atomic E-state index is 4.79. The minimum atomic E-state index is 0.990. The molecule has 25 heavy (non-hydrogen) atoms. The first-order valence-electron chi connectivity index (χ1n) is 8.37. The number of thiol groups is 1. The lowest BCUT2D eigenvalue weighted by atomic mass is 9.87. The van der Waals surface area contributed by atoms with Crippen LogP contribution in [0.2, 0.25) is 0 Å². The number of hydrogen-bond donors (Lipinski definition) is 1. The fourth-order valence-corrected chi connectivity index (χ4v) is 3.57. The highest BCUT2D eigenvalue weighted by molar-refractivity contribution is 7.80. The van der Waals surface area contributed by atoms with Gasteiger partial charge < -0.3 is 0 Å². The Morgan fingerprint density at radius 1 is 0.400 bits per heavy atom. The van der Waals surface area contributed by atoms with Crippen LogP contribution in [0.25, 0.3) is 33.4 Å². The van der Waals surface area contributed by atoms with Gasteiger partial charge in [0, 0.05) is 10.5 Å². The predicted octanol–water partition coefficient (Wildman–Crippen LogP) is 6.98. The van der Waals surface area contributed by atoms with E-state index in [9.17, 15) is 0 Å². The molecule has 4 rings (SSSR count). The molecule has 1 heteroatoms. The molecule has 0 fully saturated rings. The van der Waals surface area contributed by atoms with E-state index in [0.29, 0.717) is 0 Å². The third-order valence-corrected chi connectivity index (χ3v) is 4.77. The predicted molar refractivity (Wildman–Crippen MR) is 110 cm³/mol. The van der Waals surface area contributed by atoms with E-state index < -0.39 is 0 Å². The summed E-state index contributed by atoms with van der Waals surface area (Å²) in [5.74, 6) is 0. The van der Waals surface area contributed by atoms with Crippen LogP contribution in [0, 0.1) is 0 Å². The van der Waals surface area contributed by atoms with Crippen molar-refractivity contribution in [3.05, 3.63) is 103 Å². The molecule has 0 unspecified atom stereocenters. The zero-order valence-electron chi connectivity index (χ0n) is 13.8. The number of hydrogen-bond acceptors (Lipinski definition) is 1. The minimum absolute atomic E-state index is 0.990. The van der Waals surface area contributed by atoms with Gasteiger partial charge in [-0.05, 0) is 33.9 Å². The Labute approximate surface area is 154 Å². The smallest absolute Gasteiger partial charge is 0.0125 e. The Bertz CT molecular complexity index is 974. The van der Waals surface area contributed by atoms with Gasteiger partial charge in [-0.15, -0.1) is 12.6 Å². The SMILES string of the molecule is Sc1ccc(-c2ccccc2)c(-c2ccccc2)c1-c1ccccc1. The van der Waals surface area contributed by atoms with E-state index >= 15 is 0 Å². The molecular weight excluding hydrogens is 320 g/mol. The van der Waals surface area contributed by atoms with Crippen molar-refractivity contribution in [1.29, 1.82) is 0 Å². The van der Waals surface area contributed by atoms with E-state index in [1.165, 1.54) is 33.4 Å². The molecule has 0 nitrogen and oxygen atoms in total. The van der Waals surface area contributed by atoms with E-state index in [-0.39, 0.29) is 0 Å². The molecule has 0 spiro atoms. The van der Waals surface area contributed by atoms with E-state index in [2.05, 4.69) is 97.1 Å². The first-order chi connectivity index (χ1) is 12.3. The van der Waals surface area contributed by atoms with Crippen molar-refractivity contribution in [3.63, 3.8) is 0 Å². The van der Waals surface area contributed by atoms with Gasteiger partial charge in [0.05, 0.1) is 0 Å². The molecule has 0 radical (unpaired) electrons. The maximum absolute atomic E-state index is 4.79. The van der Waals surface area contributed by atoms with Crippen molar-refractivity contribution >= 4 is 12.6 Å². The summed E-state index contributed by atoms with van der Waals surface area (Å²) in [6, 6.07) is 35.9. The largest absolute Gasteiger partial charge is 0.143 e. The van der Waals surface area contributed by atoms with Gasteiger partial charge >= 0.3 is 0 Å². The van der Waals surface area contributed by atoms with Crippen LogP contribution < -0.4 is 0 Å².